The predicted octanol–water partition coefficient (Wildman–Crippen LogP) is 4.41. The molecule has 0 saturated carbocycles. The van der Waals surface area contributed by atoms with E-state index in [0.717, 1.165) is 31.3 Å². The fourth-order valence-corrected chi connectivity index (χ4v) is 1.70. The van der Waals surface area contributed by atoms with Crippen molar-refractivity contribution in [3.63, 3.8) is 0 Å². The molecule has 12 heavy (non-hydrogen) atoms. The van der Waals surface area contributed by atoms with Crippen LogP contribution in [0.1, 0.15) is 25.7 Å². The molecule has 0 heterocycles. The maximum absolute atomic E-state index is 5.78. The molecule has 0 aromatic rings. The van der Waals surface area contributed by atoms with Crippen molar-refractivity contribution in [3.05, 3.63) is 23.8 Å². The van der Waals surface area contributed by atoms with Gasteiger partial charge in [-0.05, 0) is 31.3 Å². The number of hydrogen-bond donors (Lipinski definition) is 0. The number of halogens is 3. The van der Waals surface area contributed by atoms with Gasteiger partial charge in [0.2, 0.25) is 3.79 Å². The molecule has 1 aliphatic rings. The van der Waals surface area contributed by atoms with E-state index in [0.29, 0.717) is 0 Å². The molecule has 0 atom stereocenters. The third-order valence-corrected chi connectivity index (χ3v) is 2.56. The summed E-state index contributed by atoms with van der Waals surface area (Å²) in [7, 11) is 0. The zero-order valence-corrected chi connectivity index (χ0v) is 8.96. The van der Waals surface area contributed by atoms with Crippen molar-refractivity contribution in [3.8, 4) is 0 Å². The number of allylic oxidation sites excluding steroid dienone is 4. The van der Waals surface area contributed by atoms with Crippen LogP contribution in [-0.2, 0) is 0 Å². The van der Waals surface area contributed by atoms with Crippen molar-refractivity contribution in [2.75, 3.05) is 0 Å². The van der Waals surface area contributed by atoms with Gasteiger partial charge in [-0.3, -0.25) is 0 Å². The molecule has 0 fully saturated rings. The molecule has 0 aromatic carbocycles. The van der Waals surface area contributed by atoms with Crippen LogP contribution in [0.25, 0.3) is 0 Å². The van der Waals surface area contributed by atoms with E-state index in [1.807, 2.05) is 6.08 Å². The van der Waals surface area contributed by atoms with Gasteiger partial charge in [0.25, 0.3) is 0 Å². The first-order valence-electron chi connectivity index (χ1n) is 4.02. The van der Waals surface area contributed by atoms with E-state index in [-0.39, 0.29) is 0 Å². The average molecular weight is 226 g/mol. The topological polar surface area (TPSA) is 0 Å². The van der Waals surface area contributed by atoms with Gasteiger partial charge in [0.1, 0.15) is 0 Å². The zero-order chi connectivity index (χ0) is 9.03. The smallest absolute Gasteiger partial charge is 0.0882 e. The Balaban J connectivity index is 2.63. The van der Waals surface area contributed by atoms with Gasteiger partial charge in [-0.2, -0.15) is 0 Å². The molecule has 0 amide bonds. The Hall–Kier alpha value is 0.350. The normalized spacial score (nSPS) is 26.8. The Morgan fingerprint density at radius 1 is 1.00 bits per heavy atom. The number of hydrogen-bond acceptors (Lipinski definition) is 0. The third-order valence-electron chi connectivity index (χ3n) is 1.84. The highest BCUT2D eigenvalue weighted by atomic mass is 35.6. The lowest BCUT2D eigenvalue weighted by Gasteiger charge is -2.16. The summed E-state index contributed by atoms with van der Waals surface area (Å²) >= 11 is 17.3. The van der Waals surface area contributed by atoms with Gasteiger partial charge in [0.05, 0.1) is 0 Å². The second-order valence-corrected chi connectivity index (χ2v) is 5.10. The van der Waals surface area contributed by atoms with Crippen molar-refractivity contribution in [1.29, 1.82) is 0 Å². The van der Waals surface area contributed by atoms with E-state index in [1.165, 1.54) is 0 Å². The van der Waals surface area contributed by atoms with Crippen LogP contribution in [0.15, 0.2) is 23.8 Å². The quantitative estimate of drug-likeness (QED) is 0.423. The third kappa shape index (κ3) is 3.38. The van der Waals surface area contributed by atoms with Crippen molar-refractivity contribution in [2.45, 2.75) is 29.5 Å². The Kier molecular flexibility index (Phi) is 3.95. The minimum Gasteiger partial charge on any atom is -0.0882 e. The zero-order valence-electron chi connectivity index (χ0n) is 6.69. The molecule has 3 heteroatoms. The van der Waals surface area contributed by atoms with Gasteiger partial charge >= 0.3 is 0 Å². The minimum absolute atomic E-state index is 0.854. The van der Waals surface area contributed by atoms with E-state index in [1.54, 1.807) is 0 Å². The number of rotatable bonds is 0. The van der Waals surface area contributed by atoms with E-state index in [2.05, 4.69) is 12.2 Å². The highest BCUT2D eigenvalue weighted by Crippen LogP contribution is 2.37. The molecular formula is C9H11Cl3. The van der Waals surface area contributed by atoms with Gasteiger partial charge in [0.15, 0.2) is 0 Å². The van der Waals surface area contributed by atoms with Gasteiger partial charge in [-0.1, -0.05) is 53.0 Å². The summed E-state index contributed by atoms with van der Waals surface area (Å²) in [5.74, 6) is 0. The molecule has 0 nitrogen and oxygen atoms in total. The predicted molar refractivity (Wildman–Crippen MR) is 56.0 cm³/mol. The summed E-state index contributed by atoms with van der Waals surface area (Å²) in [4.78, 5) is 0. The summed E-state index contributed by atoms with van der Waals surface area (Å²) in [5, 5.41) is 0. The van der Waals surface area contributed by atoms with Crippen molar-refractivity contribution in [2.24, 2.45) is 0 Å². The molecule has 1 rings (SSSR count). The lowest BCUT2D eigenvalue weighted by atomic mass is 10.1. The van der Waals surface area contributed by atoms with Crippen molar-refractivity contribution < 1.29 is 0 Å². The van der Waals surface area contributed by atoms with Crippen LogP contribution in [0.5, 0.6) is 0 Å². The fourth-order valence-electron chi connectivity index (χ4n) is 1.19. The van der Waals surface area contributed by atoms with Crippen LogP contribution < -0.4 is 0 Å². The Morgan fingerprint density at radius 2 is 1.67 bits per heavy atom. The second kappa shape index (κ2) is 4.55. The molecule has 0 saturated heterocycles. The Labute approximate surface area is 88.2 Å². The van der Waals surface area contributed by atoms with E-state index < -0.39 is 3.79 Å². The van der Waals surface area contributed by atoms with Crippen LogP contribution in [0.4, 0.5) is 0 Å². The molecule has 0 spiro atoms. The Bertz CT molecular complexity index is 198. The van der Waals surface area contributed by atoms with Crippen molar-refractivity contribution in [1.82, 2.24) is 0 Å². The summed E-state index contributed by atoms with van der Waals surface area (Å²) in [6.07, 6.45) is 10.2. The SMILES string of the molecule is ClC(Cl)(Cl)/C1=C/CC/C=C\CC1. The molecular weight excluding hydrogens is 214 g/mol. The monoisotopic (exact) mass is 224 g/mol. The lowest BCUT2D eigenvalue weighted by Crippen LogP contribution is -2.07. The van der Waals surface area contributed by atoms with Crippen LogP contribution >= 0.6 is 34.8 Å². The minimum atomic E-state index is -1.20. The van der Waals surface area contributed by atoms with Gasteiger partial charge < -0.3 is 0 Å². The second-order valence-electron chi connectivity index (χ2n) is 2.81. The average Bonchev–Trinajstić information content (AvgIpc) is 1.81. The summed E-state index contributed by atoms with van der Waals surface area (Å²) in [5.41, 5.74) is 0.928. The first-order chi connectivity index (χ1) is 5.61. The maximum atomic E-state index is 5.78. The van der Waals surface area contributed by atoms with Crippen LogP contribution in [0.2, 0.25) is 0 Å². The van der Waals surface area contributed by atoms with E-state index in [4.69, 9.17) is 34.8 Å². The highest BCUT2D eigenvalue weighted by molar-refractivity contribution is 6.69. The van der Waals surface area contributed by atoms with Crippen LogP contribution in [-0.4, -0.2) is 3.79 Å². The Morgan fingerprint density at radius 3 is 2.33 bits per heavy atom. The molecule has 0 aliphatic heterocycles. The van der Waals surface area contributed by atoms with Gasteiger partial charge in [0, 0.05) is 0 Å². The van der Waals surface area contributed by atoms with Gasteiger partial charge in [-0.15, -0.1) is 0 Å². The first-order valence-corrected chi connectivity index (χ1v) is 5.15. The highest BCUT2D eigenvalue weighted by Gasteiger charge is 2.24. The summed E-state index contributed by atoms with van der Waals surface area (Å²) in [6.45, 7) is 0. The largest absolute Gasteiger partial charge is 0.212 e. The molecule has 68 valence electrons. The maximum Gasteiger partial charge on any atom is 0.212 e. The molecule has 0 aromatic heterocycles. The standard InChI is InChI=1S/C9H11Cl3/c10-9(11,12)8-6-4-2-1-3-5-7-8/h1-2,7H,3-6H2/b2-1-,8-7+. The molecule has 0 radical (unpaired) electrons. The summed E-state index contributed by atoms with van der Waals surface area (Å²) in [6, 6.07) is 0. The molecule has 0 bridgehead atoms. The van der Waals surface area contributed by atoms with E-state index in [9.17, 15) is 0 Å². The summed E-state index contributed by atoms with van der Waals surface area (Å²) < 4.78 is -1.20. The number of alkyl halides is 3. The van der Waals surface area contributed by atoms with Crippen LogP contribution in [0, 0.1) is 0 Å². The van der Waals surface area contributed by atoms with E-state index >= 15 is 0 Å². The molecule has 0 N–H and O–H groups in total. The van der Waals surface area contributed by atoms with Gasteiger partial charge in [-0.25, -0.2) is 0 Å². The first kappa shape index (κ1) is 10.4. The fraction of sp³-hybridized carbons (Fsp3) is 0.556. The molecule has 1 aliphatic carbocycles. The van der Waals surface area contributed by atoms with Crippen molar-refractivity contribution >= 4 is 34.8 Å². The molecule has 0 unspecified atom stereocenters. The lowest BCUT2D eigenvalue weighted by molar-refractivity contribution is 0.888. The van der Waals surface area contributed by atoms with Crippen LogP contribution in [0.3, 0.4) is 0 Å².